The average molecular weight is 215 g/mol. The van der Waals surface area contributed by atoms with Crippen LogP contribution >= 0.6 is 0 Å². The van der Waals surface area contributed by atoms with Crippen LogP contribution in [0.15, 0.2) is 42.5 Å². The summed E-state index contributed by atoms with van der Waals surface area (Å²) in [5.41, 5.74) is 9.21. The minimum absolute atomic E-state index is 0.222. The summed E-state index contributed by atoms with van der Waals surface area (Å²) in [5.74, 6) is 0. The van der Waals surface area contributed by atoms with Crippen LogP contribution in [0.25, 0.3) is 0 Å². The van der Waals surface area contributed by atoms with Gasteiger partial charge in [-0.2, -0.15) is 0 Å². The van der Waals surface area contributed by atoms with Crippen LogP contribution in [-0.2, 0) is 5.41 Å². The third kappa shape index (κ3) is 1.92. The lowest BCUT2D eigenvalue weighted by Gasteiger charge is -2.47. The molecule has 0 saturated heterocycles. The Bertz CT molecular complexity index is 362. The van der Waals surface area contributed by atoms with E-state index in [0.717, 1.165) is 6.42 Å². The van der Waals surface area contributed by atoms with E-state index in [2.05, 4.69) is 43.8 Å². The van der Waals surface area contributed by atoms with Crippen LogP contribution in [0.4, 0.5) is 0 Å². The predicted molar refractivity (Wildman–Crippen MR) is 69.4 cm³/mol. The van der Waals surface area contributed by atoms with Gasteiger partial charge in [-0.1, -0.05) is 42.3 Å². The third-order valence-corrected chi connectivity index (χ3v) is 3.87. The van der Waals surface area contributed by atoms with Gasteiger partial charge in [0.1, 0.15) is 0 Å². The minimum Gasteiger partial charge on any atom is -0.327 e. The summed E-state index contributed by atoms with van der Waals surface area (Å²) in [7, 11) is 0. The molecule has 1 nitrogen and oxygen atoms in total. The van der Waals surface area contributed by atoms with E-state index in [9.17, 15) is 0 Å². The van der Waals surface area contributed by atoms with Gasteiger partial charge >= 0.3 is 0 Å². The molecule has 1 saturated carbocycles. The Morgan fingerprint density at radius 3 is 2.44 bits per heavy atom. The highest BCUT2D eigenvalue weighted by atomic mass is 14.7. The van der Waals surface area contributed by atoms with Crippen LogP contribution in [0, 0.1) is 0 Å². The van der Waals surface area contributed by atoms with Gasteiger partial charge in [0.05, 0.1) is 0 Å². The summed E-state index contributed by atoms with van der Waals surface area (Å²) in [5, 5.41) is 0. The summed E-state index contributed by atoms with van der Waals surface area (Å²) >= 11 is 0. The van der Waals surface area contributed by atoms with E-state index in [1.807, 2.05) is 0 Å². The van der Waals surface area contributed by atoms with Crippen molar-refractivity contribution in [1.82, 2.24) is 0 Å². The van der Waals surface area contributed by atoms with Crippen LogP contribution in [0.5, 0.6) is 0 Å². The molecule has 1 heteroatoms. The molecule has 0 aromatic heterocycles. The van der Waals surface area contributed by atoms with Gasteiger partial charge < -0.3 is 5.73 Å². The van der Waals surface area contributed by atoms with Gasteiger partial charge in [-0.3, -0.25) is 0 Å². The van der Waals surface area contributed by atoms with E-state index >= 15 is 0 Å². The lowest BCUT2D eigenvalue weighted by atomic mass is 9.59. The molecule has 2 N–H and O–H groups in total. The second-order valence-corrected chi connectivity index (χ2v) is 5.14. The zero-order valence-electron chi connectivity index (χ0n) is 10.1. The highest BCUT2D eigenvalue weighted by Crippen LogP contribution is 2.46. The fourth-order valence-electron chi connectivity index (χ4n) is 2.77. The summed E-state index contributed by atoms with van der Waals surface area (Å²) in [6, 6.07) is 11.0. The van der Waals surface area contributed by atoms with E-state index in [1.165, 1.54) is 30.4 Å². The first-order chi connectivity index (χ1) is 7.65. The van der Waals surface area contributed by atoms with Crippen LogP contribution in [-0.4, -0.2) is 6.04 Å². The van der Waals surface area contributed by atoms with E-state index in [-0.39, 0.29) is 11.5 Å². The van der Waals surface area contributed by atoms with E-state index in [1.54, 1.807) is 0 Å². The first kappa shape index (κ1) is 11.4. The SMILES string of the molecule is C=C(C)CC(N)C1(c2ccccc2)CCC1. The maximum atomic E-state index is 6.39. The first-order valence-electron chi connectivity index (χ1n) is 6.11. The van der Waals surface area contributed by atoms with Crippen molar-refractivity contribution in [3.63, 3.8) is 0 Å². The Balaban J connectivity index is 2.23. The smallest absolute Gasteiger partial charge is 0.0174 e. The summed E-state index contributed by atoms with van der Waals surface area (Å²) in [6.07, 6.45) is 4.70. The van der Waals surface area contributed by atoms with E-state index in [4.69, 9.17) is 5.73 Å². The molecule has 0 aliphatic heterocycles. The maximum Gasteiger partial charge on any atom is 0.0174 e. The van der Waals surface area contributed by atoms with Crippen molar-refractivity contribution >= 4 is 0 Å². The van der Waals surface area contributed by atoms with E-state index in [0.29, 0.717) is 0 Å². The monoisotopic (exact) mass is 215 g/mol. The Labute approximate surface area is 98.4 Å². The molecule has 1 fully saturated rings. The molecule has 0 heterocycles. The summed E-state index contributed by atoms with van der Waals surface area (Å²) in [4.78, 5) is 0. The van der Waals surface area contributed by atoms with Crippen molar-refractivity contribution in [1.29, 1.82) is 0 Å². The number of hydrogen-bond acceptors (Lipinski definition) is 1. The van der Waals surface area contributed by atoms with Gasteiger partial charge in [-0.05, 0) is 31.7 Å². The predicted octanol–water partition coefficient (Wildman–Crippen LogP) is 3.40. The van der Waals surface area contributed by atoms with Gasteiger partial charge in [0.25, 0.3) is 0 Å². The number of nitrogens with two attached hydrogens (primary N) is 1. The van der Waals surface area contributed by atoms with Crippen LogP contribution < -0.4 is 5.73 Å². The fraction of sp³-hybridized carbons (Fsp3) is 0.467. The molecule has 1 atom stereocenters. The highest BCUT2D eigenvalue weighted by molar-refractivity contribution is 5.31. The lowest BCUT2D eigenvalue weighted by Crippen LogP contribution is -2.50. The number of hydrogen-bond donors (Lipinski definition) is 1. The zero-order valence-corrected chi connectivity index (χ0v) is 10.1. The normalized spacial score (nSPS) is 19.9. The van der Waals surface area contributed by atoms with Crippen LogP contribution in [0.3, 0.4) is 0 Å². The highest BCUT2D eigenvalue weighted by Gasteiger charge is 2.43. The lowest BCUT2D eigenvalue weighted by molar-refractivity contribution is 0.194. The molecule has 86 valence electrons. The van der Waals surface area contributed by atoms with E-state index < -0.39 is 0 Å². The van der Waals surface area contributed by atoms with Gasteiger partial charge in [0, 0.05) is 11.5 Å². The van der Waals surface area contributed by atoms with Crippen molar-refractivity contribution in [2.45, 2.75) is 44.1 Å². The van der Waals surface area contributed by atoms with Crippen molar-refractivity contribution in [2.75, 3.05) is 0 Å². The van der Waals surface area contributed by atoms with Crippen molar-refractivity contribution < 1.29 is 0 Å². The molecule has 2 rings (SSSR count). The van der Waals surface area contributed by atoms with Gasteiger partial charge in [-0.25, -0.2) is 0 Å². The standard InChI is InChI=1S/C15H21N/c1-12(2)11-14(16)15(9-6-10-15)13-7-4-3-5-8-13/h3-5,7-8,14H,1,6,9-11,16H2,2H3. The van der Waals surface area contributed by atoms with Gasteiger partial charge in [0.15, 0.2) is 0 Å². The number of benzene rings is 1. The molecule has 0 spiro atoms. The molecule has 0 radical (unpaired) electrons. The molecule has 1 aliphatic rings. The summed E-state index contributed by atoms with van der Waals surface area (Å²) < 4.78 is 0. The fourth-order valence-corrected chi connectivity index (χ4v) is 2.77. The summed E-state index contributed by atoms with van der Waals surface area (Å²) in [6.45, 7) is 6.05. The quantitative estimate of drug-likeness (QED) is 0.765. The van der Waals surface area contributed by atoms with Crippen molar-refractivity contribution in [3.05, 3.63) is 48.0 Å². The molecule has 16 heavy (non-hydrogen) atoms. The Morgan fingerprint density at radius 2 is 2.00 bits per heavy atom. The van der Waals surface area contributed by atoms with Crippen molar-refractivity contribution in [3.8, 4) is 0 Å². The maximum absolute atomic E-state index is 6.39. The van der Waals surface area contributed by atoms with Crippen molar-refractivity contribution in [2.24, 2.45) is 5.73 Å². The second-order valence-electron chi connectivity index (χ2n) is 5.14. The van der Waals surface area contributed by atoms with Gasteiger partial charge in [-0.15, -0.1) is 6.58 Å². The number of rotatable bonds is 4. The molecule has 1 aliphatic carbocycles. The molecular weight excluding hydrogens is 194 g/mol. The molecule has 1 aromatic carbocycles. The first-order valence-corrected chi connectivity index (χ1v) is 6.11. The van der Waals surface area contributed by atoms with Crippen LogP contribution in [0.2, 0.25) is 0 Å². The molecular formula is C15H21N. The Morgan fingerprint density at radius 1 is 1.38 bits per heavy atom. The molecule has 1 unspecified atom stereocenters. The molecule has 0 bridgehead atoms. The Hall–Kier alpha value is -1.08. The average Bonchev–Trinajstić information content (AvgIpc) is 2.16. The Kier molecular flexibility index (Phi) is 3.15. The largest absolute Gasteiger partial charge is 0.327 e. The minimum atomic E-state index is 0.222. The second kappa shape index (κ2) is 4.42. The topological polar surface area (TPSA) is 26.0 Å². The van der Waals surface area contributed by atoms with Gasteiger partial charge in [0.2, 0.25) is 0 Å². The molecule has 0 amide bonds. The third-order valence-electron chi connectivity index (χ3n) is 3.87. The molecule has 1 aromatic rings. The zero-order chi connectivity index (χ0) is 11.6. The van der Waals surface area contributed by atoms with Crippen LogP contribution in [0.1, 0.15) is 38.2 Å².